The van der Waals surface area contributed by atoms with Gasteiger partial charge in [-0.25, -0.2) is 4.79 Å². The third-order valence-corrected chi connectivity index (χ3v) is 3.50. The van der Waals surface area contributed by atoms with Crippen LogP contribution in [0.25, 0.3) is 6.08 Å². The highest BCUT2D eigenvalue weighted by atomic mass is 35.5. The van der Waals surface area contributed by atoms with E-state index in [4.69, 9.17) is 27.9 Å². The first-order valence-electron chi connectivity index (χ1n) is 6.69. The molecule has 0 aliphatic carbocycles. The van der Waals surface area contributed by atoms with Gasteiger partial charge in [-0.2, -0.15) is 0 Å². The number of anilines is 1. The smallest absolute Gasteiger partial charge is 0.331 e. The van der Waals surface area contributed by atoms with E-state index in [-0.39, 0.29) is 0 Å². The normalized spacial score (nSPS) is 10.5. The van der Waals surface area contributed by atoms with Crippen molar-refractivity contribution in [2.24, 2.45) is 0 Å². The number of nitrogens with one attached hydrogen (secondary N) is 1. The van der Waals surface area contributed by atoms with Crippen molar-refractivity contribution in [3.63, 3.8) is 0 Å². The minimum Gasteiger partial charge on any atom is -0.452 e. The molecule has 118 valence electrons. The summed E-state index contributed by atoms with van der Waals surface area (Å²) in [4.78, 5) is 23.2. The maximum Gasteiger partial charge on any atom is 0.331 e. The Morgan fingerprint density at radius 2 is 1.78 bits per heavy atom. The average molecular weight is 350 g/mol. The zero-order chi connectivity index (χ0) is 16.7. The number of halogens is 2. The van der Waals surface area contributed by atoms with Crippen LogP contribution in [0.5, 0.6) is 0 Å². The molecule has 2 aromatic carbocycles. The topological polar surface area (TPSA) is 55.4 Å². The summed E-state index contributed by atoms with van der Waals surface area (Å²) in [5.41, 5.74) is 1.34. The van der Waals surface area contributed by atoms with E-state index in [1.54, 1.807) is 18.2 Å². The Balaban J connectivity index is 1.80. The van der Waals surface area contributed by atoms with E-state index in [1.165, 1.54) is 12.1 Å². The van der Waals surface area contributed by atoms with Gasteiger partial charge in [0.25, 0.3) is 5.91 Å². The summed E-state index contributed by atoms with van der Waals surface area (Å²) in [5.74, 6) is -1.07. The van der Waals surface area contributed by atoms with Crippen LogP contribution in [0.15, 0.2) is 54.6 Å². The summed E-state index contributed by atoms with van der Waals surface area (Å²) in [6.07, 6.45) is 2.88. The Morgan fingerprint density at radius 3 is 2.48 bits per heavy atom. The van der Waals surface area contributed by atoms with E-state index in [9.17, 15) is 9.59 Å². The second-order valence-corrected chi connectivity index (χ2v) is 5.34. The Labute approximate surface area is 143 Å². The van der Waals surface area contributed by atoms with Gasteiger partial charge < -0.3 is 10.1 Å². The molecule has 0 atom stereocenters. The van der Waals surface area contributed by atoms with Crippen LogP contribution < -0.4 is 5.32 Å². The third-order valence-electron chi connectivity index (χ3n) is 2.76. The summed E-state index contributed by atoms with van der Waals surface area (Å²) in [7, 11) is 0. The summed E-state index contributed by atoms with van der Waals surface area (Å²) < 4.78 is 4.85. The zero-order valence-electron chi connectivity index (χ0n) is 12.0. The number of carbonyl (C=O) groups is 2. The maximum absolute atomic E-state index is 11.7. The van der Waals surface area contributed by atoms with Gasteiger partial charge in [-0.15, -0.1) is 0 Å². The molecule has 1 N–H and O–H groups in total. The first kappa shape index (κ1) is 17.1. The third kappa shape index (κ3) is 5.77. The Morgan fingerprint density at radius 1 is 1.04 bits per heavy atom. The molecule has 0 spiro atoms. The van der Waals surface area contributed by atoms with Gasteiger partial charge in [0.15, 0.2) is 6.61 Å². The molecule has 0 bridgehead atoms. The van der Waals surface area contributed by atoms with E-state index in [0.29, 0.717) is 15.7 Å². The van der Waals surface area contributed by atoms with Crippen LogP contribution in [0.4, 0.5) is 5.69 Å². The number of benzene rings is 2. The largest absolute Gasteiger partial charge is 0.452 e. The highest BCUT2D eigenvalue weighted by molar-refractivity contribution is 6.42. The fourth-order valence-electron chi connectivity index (χ4n) is 1.68. The predicted molar refractivity (Wildman–Crippen MR) is 91.5 cm³/mol. The van der Waals surface area contributed by atoms with Crippen LogP contribution in [-0.4, -0.2) is 18.5 Å². The van der Waals surface area contributed by atoms with E-state index in [1.807, 2.05) is 30.3 Å². The molecule has 0 fully saturated rings. The molecule has 0 aromatic heterocycles. The minimum absolute atomic E-state index is 0.326. The van der Waals surface area contributed by atoms with E-state index < -0.39 is 18.5 Å². The molecular formula is C17H13Cl2NO3. The van der Waals surface area contributed by atoms with Crippen molar-refractivity contribution in [3.8, 4) is 0 Å². The van der Waals surface area contributed by atoms with Crippen LogP contribution in [0.1, 0.15) is 5.56 Å². The lowest BCUT2D eigenvalue weighted by Crippen LogP contribution is -2.20. The van der Waals surface area contributed by atoms with Crippen molar-refractivity contribution in [2.75, 3.05) is 11.9 Å². The van der Waals surface area contributed by atoms with Gasteiger partial charge in [-0.05, 0) is 29.8 Å². The van der Waals surface area contributed by atoms with Crippen molar-refractivity contribution >= 4 is 46.8 Å². The molecule has 2 rings (SSSR count). The predicted octanol–water partition coefficient (Wildman–Crippen LogP) is 4.19. The lowest BCUT2D eigenvalue weighted by Gasteiger charge is -2.06. The quantitative estimate of drug-likeness (QED) is 0.650. The Hall–Kier alpha value is -2.30. The van der Waals surface area contributed by atoms with Crippen molar-refractivity contribution in [2.45, 2.75) is 0 Å². The second kappa shape index (κ2) is 8.36. The van der Waals surface area contributed by atoms with Gasteiger partial charge in [0.2, 0.25) is 0 Å². The minimum atomic E-state index is -0.599. The van der Waals surface area contributed by atoms with Crippen LogP contribution in [0, 0.1) is 0 Å². The highest BCUT2D eigenvalue weighted by Gasteiger charge is 2.07. The fourth-order valence-corrected chi connectivity index (χ4v) is 1.98. The molecule has 0 radical (unpaired) electrons. The monoisotopic (exact) mass is 349 g/mol. The molecule has 0 heterocycles. The van der Waals surface area contributed by atoms with Crippen LogP contribution >= 0.6 is 23.2 Å². The van der Waals surface area contributed by atoms with Gasteiger partial charge in [0.05, 0.1) is 10.0 Å². The zero-order valence-corrected chi connectivity index (χ0v) is 13.5. The molecule has 1 amide bonds. The molecule has 0 saturated carbocycles. The number of rotatable bonds is 5. The molecule has 0 saturated heterocycles. The fraction of sp³-hybridized carbons (Fsp3) is 0.0588. The SMILES string of the molecule is O=C(COC(=O)/C=C/c1ccccc1)Nc1ccc(Cl)c(Cl)c1. The number of hydrogen-bond acceptors (Lipinski definition) is 3. The Bertz CT molecular complexity index is 730. The molecule has 0 unspecified atom stereocenters. The first-order valence-corrected chi connectivity index (χ1v) is 7.45. The summed E-state index contributed by atoms with van der Waals surface area (Å²) in [5, 5.41) is 3.27. The van der Waals surface area contributed by atoms with Gasteiger partial charge in [0, 0.05) is 11.8 Å². The molecule has 2 aromatic rings. The van der Waals surface area contributed by atoms with Gasteiger partial charge in [0.1, 0.15) is 0 Å². The maximum atomic E-state index is 11.7. The summed E-state index contributed by atoms with van der Waals surface area (Å²) >= 11 is 11.6. The first-order chi connectivity index (χ1) is 11.0. The molecule has 4 nitrogen and oxygen atoms in total. The number of hydrogen-bond donors (Lipinski definition) is 1. The number of esters is 1. The molecule has 23 heavy (non-hydrogen) atoms. The molecule has 6 heteroatoms. The van der Waals surface area contributed by atoms with Gasteiger partial charge in [-0.1, -0.05) is 53.5 Å². The van der Waals surface area contributed by atoms with E-state index in [0.717, 1.165) is 5.56 Å². The Kier molecular flexibility index (Phi) is 6.20. The molecule has 0 aliphatic rings. The van der Waals surface area contributed by atoms with E-state index in [2.05, 4.69) is 5.32 Å². The molecule has 0 aliphatic heterocycles. The van der Waals surface area contributed by atoms with Crippen LogP contribution in [0.3, 0.4) is 0 Å². The van der Waals surface area contributed by atoms with Crippen molar-refractivity contribution in [3.05, 3.63) is 70.2 Å². The van der Waals surface area contributed by atoms with Crippen LogP contribution in [0.2, 0.25) is 10.0 Å². The van der Waals surface area contributed by atoms with E-state index >= 15 is 0 Å². The highest BCUT2D eigenvalue weighted by Crippen LogP contribution is 2.24. The lowest BCUT2D eigenvalue weighted by molar-refractivity contribution is -0.142. The summed E-state index contributed by atoms with van der Waals surface area (Å²) in [6.45, 7) is -0.391. The number of amides is 1. The standard InChI is InChI=1S/C17H13Cl2NO3/c18-14-8-7-13(10-15(14)19)20-16(21)11-23-17(22)9-6-12-4-2-1-3-5-12/h1-10H,11H2,(H,20,21)/b9-6+. The van der Waals surface area contributed by atoms with Gasteiger partial charge in [-0.3, -0.25) is 4.79 Å². The van der Waals surface area contributed by atoms with Gasteiger partial charge >= 0.3 is 5.97 Å². The van der Waals surface area contributed by atoms with Crippen molar-refractivity contribution < 1.29 is 14.3 Å². The van der Waals surface area contributed by atoms with Crippen molar-refractivity contribution in [1.82, 2.24) is 0 Å². The lowest BCUT2D eigenvalue weighted by atomic mass is 10.2. The summed E-state index contributed by atoms with van der Waals surface area (Å²) in [6, 6.07) is 14.0. The molecular weight excluding hydrogens is 337 g/mol. The number of ether oxygens (including phenoxy) is 1. The average Bonchev–Trinajstić information content (AvgIpc) is 2.55. The van der Waals surface area contributed by atoms with Crippen molar-refractivity contribution in [1.29, 1.82) is 0 Å². The number of carbonyl (C=O) groups excluding carboxylic acids is 2. The second-order valence-electron chi connectivity index (χ2n) is 4.53. The van der Waals surface area contributed by atoms with Crippen LogP contribution in [-0.2, 0) is 14.3 Å².